The zero-order valence-corrected chi connectivity index (χ0v) is 11.1. The first-order valence-electron chi connectivity index (χ1n) is 5.78. The van der Waals surface area contributed by atoms with Crippen LogP contribution in [0.5, 0.6) is 0 Å². The van der Waals surface area contributed by atoms with E-state index in [-0.39, 0.29) is 17.9 Å². The average molecular weight is 291 g/mol. The average Bonchev–Trinajstić information content (AvgIpc) is 2.41. The topological polar surface area (TPSA) is 79.3 Å². The summed E-state index contributed by atoms with van der Waals surface area (Å²) in [5, 5.41) is 11.9. The van der Waals surface area contributed by atoms with E-state index in [1.54, 1.807) is 24.3 Å². The number of aromatic carboxylic acids is 1. The maximum Gasteiger partial charge on any atom is 0.337 e. The molecule has 0 bridgehead atoms. The van der Waals surface area contributed by atoms with Crippen LogP contribution in [-0.2, 0) is 11.2 Å². The molecule has 0 atom stereocenters. The van der Waals surface area contributed by atoms with Gasteiger partial charge in [-0.05, 0) is 17.7 Å². The lowest BCUT2D eigenvalue weighted by molar-refractivity contribution is -0.115. The molecule has 102 valence electrons. The van der Waals surface area contributed by atoms with Crippen molar-refractivity contribution in [2.24, 2.45) is 0 Å². The summed E-state index contributed by atoms with van der Waals surface area (Å²) in [7, 11) is 0. The first kappa shape index (κ1) is 14.0. The number of benzene rings is 1. The van der Waals surface area contributed by atoms with E-state index in [2.05, 4.69) is 10.3 Å². The highest BCUT2D eigenvalue weighted by atomic mass is 35.5. The minimum Gasteiger partial charge on any atom is -0.478 e. The maximum absolute atomic E-state index is 11.9. The zero-order valence-electron chi connectivity index (χ0n) is 10.3. The first-order valence-corrected chi connectivity index (χ1v) is 6.15. The van der Waals surface area contributed by atoms with Gasteiger partial charge in [0.1, 0.15) is 0 Å². The molecule has 0 aliphatic carbocycles. The summed E-state index contributed by atoms with van der Waals surface area (Å²) in [5.74, 6) is -1.39. The number of carbonyl (C=O) groups is 2. The van der Waals surface area contributed by atoms with E-state index in [1.807, 2.05) is 0 Å². The highest BCUT2D eigenvalue weighted by Crippen LogP contribution is 2.16. The van der Waals surface area contributed by atoms with Gasteiger partial charge in [-0.15, -0.1) is 0 Å². The van der Waals surface area contributed by atoms with Crippen molar-refractivity contribution in [3.8, 4) is 0 Å². The molecule has 1 amide bonds. The minimum absolute atomic E-state index is 0.0144. The third-order valence-corrected chi connectivity index (χ3v) is 2.95. The number of hydrogen-bond donors (Lipinski definition) is 2. The molecule has 1 heterocycles. The number of nitrogens with zero attached hydrogens (tertiary/aromatic N) is 1. The lowest BCUT2D eigenvalue weighted by Crippen LogP contribution is -2.15. The molecular formula is C14H11ClN2O3. The molecular weight excluding hydrogens is 280 g/mol. The number of carboxylic acid groups (broad SMARTS) is 1. The SMILES string of the molecule is O=C(Cc1ccccc1Cl)Nc1cncc(C(=O)O)c1. The number of amides is 1. The Hall–Kier alpha value is -2.40. The number of anilines is 1. The Balaban J connectivity index is 2.07. The predicted molar refractivity (Wildman–Crippen MR) is 75.0 cm³/mol. The molecule has 0 saturated carbocycles. The number of nitrogens with one attached hydrogen (secondary N) is 1. The molecule has 0 spiro atoms. The van der Waals surface area contributed by atoms with Crippen LogP contribution in [0.4, 0.5) is 5.69 Å². The van der Waals surface area contributed by atoms with Crippen LogP contribution < -0.4 is 5.32 Å². The molecule has 6 heteroatoms. The lowest BCUT2D eigenvalue weighted by atomic mass is 10.1. The second kappa shape index (κ2) is 6.16. The smallest absolute Gasteiger partial charge is 0.337 e. The molecule has 1 aromatic heterocycles. The van der Waals surface area contributed by atoms with Gasteiger partial charge in [0.25, 0.3) is 0 Å². The molecule has 0 saturated heterocycles. The molecule has 2 aromatic rings. The molecule has 0 aliphatic heterocycles. The van der Waals surface area contributed by atoms with Crippen molar-refractivity contribution in [2.45, 2.75) is 6.42 Å². The molecule has 0 fully saturated rings. The molecule has 0 aliphatic rings. The summed E-state index contributed by atoms with van der Waals surface area (Å²) in [6.45, 7) is 0. The van der Waals surface area contributed by atoms with Crippen molar-refractivity contribution in [2.75, 3.05) is 5.32 Å². The highest BCUT2D eigenvalue weighted by molar-refractivity contribution is 6.31. The van der Waals surface area contributed by atoms with Gasteiger partial charge in [-0.3, -0.25) is 9.78 Å². The summed E-state index contributed by atoms with van der Waals surface area (Å²) in [4.78, 5) is 26.4. The maximum atomic E-state index is 11.9. The summed E-state index contributed by atoms with van der Waals surface area (Å²) in [6.07, 6.45) is 2.71. The first-order chi connectivity index (χ1) is 9.56. The van der Waals surface area contributed by atoms with E-state index in [4.69, 9.17) is 16.7 Å². The molecule has 1 aromatic carbocycles. The third-order valence-electron chi connectivity index (χ3n) is 2.58. The molecule has 5 nitrogen and oxygen atoms in total. The van der Waals surface area contributed by atoms with Gasteiger partial charge in [-0.2, -0.15) is 0 Å². The Morgan fingerprint density at radius 3 is 2.70 bits per heavy atom. The van der Waals surface area contributed by atoms with Crippen molar-refractivity contribution in [1.29, 1.82) is 0 Å². The van der Waals surface area contributed by atoms with E-state index in [9.17, 15) is 9.59 Å². The minimum atomic E-state index is -1.10. The number of carbonyl (C=O) groups excluding carboxylic acids is 1. The van der Waals surface area contributed by atoms with Gasteiger partial charge in [-0.25, -0.2) is 4.79 Å². The second-order valence-corrected chi connectivity index (χ2v) is 4.49. The number of aromatic nitrogens is 1. The van der Waals surface area contributed by atoms with Crippen molar-refractivity contribution in [3.05, 3.63) is 58.9 Å². The van der Waals surface area contributed by atoms with Gasteiger partial charge in [0.2, 0.25) is 5.91 Å². The second-order valence-electron chi connectivity index (χ2n) is 4.08. The van der Waals surface area contributed by atoms with Crippen LogP contribution in [-0.4, -0.2) is 22.0 Å². The summed E-state index contributed by atoms with van der Waals surface area (Å²) < 4.78 is 0. The summed E-state index contributed by atoms with van der Waals surface area (Å²) in [6, 6.07) is 8.38. The summed E-state index contributed by atoms with van der Waals surface area (Å²) in [5.41, 5.74) is 1.05. The quantitative estimate of drug-likeness (QED) is 0.907. The highest BCUT2D eigenvalue weighted by Gasteiger charge is 2.09. The largest absolute Gasteiger partial charge is 0.478 e. The lowest BCUT2D eigenvalue weighted by Gasteiger charge is -2.06. The number of hydrogen-bond acceptors (Lipinski definition) is 3. The van der Waals surface area contributed by atoms with Gasteiger partial charge in [0, 0.05) is 11.2 Å². The van der Waals surface area contributed by atoms with E-state index in [1.165, 1.54) is 18.5 Å². The number of pyridine rings is 1. The van der Waals surface area contributed by atoms with Gasteiger partial charge in [0.05, 0.1) is 23.9 Å². The molecule has 0 radical (unpaired) electrons. The Labute approximate surface area is 120 Å². The van der Waals surface area contributed by atoms with E-state index in [0.29, 0.717) is 16.3 Å². The normalized spacial score (nSPS) is 10.1. The number of halogens is 1. The molecule has 2 N–H and O–H groups in total. The van der Waals surface area contributed by atoms with Crippen LogP contribution in [0.1, 0.15) is 15.9 Å². The molecule has 20 heavy (non-hydrogen) atoms. The van der Waals surface area contributed by atoms with Gasteiger partial charge < -0.3 is 10.4 Å². The summed E-state index contributed by atoms with van der Waals surface area (Å²) >= 11 is 5.97. The Morgan fingerprint density at radius 1 is 1.25 bits per heavy atom. The van der Waals surface area contributed by atoms with Crippen molar-refractivity contribution in [3.63, 3.8) is 0 Å². The van der Waals surface area contributed by atoms with Crippen LogP contribution in [0, 0.1) is 0 Å². The zero-order chi connectivity index (χ0) is 14.5. The fourth-order valence-electron chi connectivity index (χ4n) is 1.65. The van der Waals surface area contributed by atoms with Crippen LogP contribution >= 0.6 is 11.6 Å². The van der Waals surface area contributed by atoms with Crippen LogP contribution in [0.15, 0.2) is 42.7 Å². The van der Waals surface area contributed by atoms with E-state index < -0.39 is 5.97 Å². The van der Waals surface area contributed by atoms with Crippen molar-refractivity contribution >= 4 is 29.2 Å². The van der Waals surface area contributed by atoms with Crippen molar-refractivity contribution in [1.82, 2.24) is 4.98 Å². The predicted octanol–water partition coefficient (Wildman–Crippen LogP) is 2.61. The van der Waals surface area contributed by atoms with Gasteiger partial charge in [-0.1, -0.05) is 29.8 Å². The Kier molecular flexibility index (Phi) is 4.32. The van der Waals surface area contributed by atoms with E-state index in [0.717, 1.165) is 0 Å². The van der Waals surface area contributed by atoms with Crippen LogP contribution in [0.25, 0.3) is 0 Å². The fourth-order valence-corrected chi connectivity index (χ4v) is 1.85. The van der Waals surface area contributed by atoms with E-state index >= 15 is 0 Å². The van der Waals surface area contributed by atoms with Crippen LogP contribution in [0.3, 0.4) is 0 Å². The molecule has 0 unspecified atom stereocenters. The monoisotopic (exact) mass is 290 g/mol. The fraction of sp³-hybridized carbons (Fsp3) is 0.0714. The standard InChI is InChI=1S/C14H11ClN2O3/c15-12-4-2-1-3-9(12)6-13(18)17-11-5-10(14(19)20)7-16-8-11/h1-5,7-8H,6H2,(H,17,18)(H,19,20). The Morgan fingerprint density at radius 2 is 2.00 bits per heavy atom. The number of carboxylic acids is 1. The third kappa shape index (κ3) is 3.55. The van der Waals surface area contributed by atoms with Crippen molar-refractivity contribution < 1.29 is 14.7 Å². The van der Waals surface area contributed by atoms with Gasteiger partial charge in [0.15, 0.2) is 0 Å². The molecule has 2 rings (SSSR count). The Bertz CT molecular complexity index is 658. The van der Waals surface area contributed by atoms with Gasteiger partial charge >= 0.3 is 5.97 Å². The van der Waals surface area contributed by atoms with Crippen LogP contribution in [0.2, 0.25) is 5.02 Å². The number of rotatable bonds is 4.